The molecule has 12 heavy (non-hydrogen) atoms. The summed E-state index contributed by atoms with van der Waals surface area (Å²) in [6.45, 7) is 2.75. The van der Waals surface area contributed by atoms with E-state index in [9.17, 15) is 0 Å². The van der Waals surface area contributed by atoms with Crippen LogP contribution in [0.25, 0.3) is 0 Å². The van der Waals surface area contributed by atoms with Gasteiger partial charge in [0.15, 0.2) is 0 Å². The van der Waals surface area contributed by atoms with Crippen LogP contribution in [0.1, 0.15) is 12.7 Å². The van der Waals surface area contributed by atoms with Crippen molar-refractivity contribution in [3.05, 3.63) is 24.2 Å². The molecule has 0 aromatic carbocycles. The van der Waals surface area contributed by atoms with Gasteiger partial charge in [-0.25, -0.2) is 0 Å². The largest absolute Gasteiger partial charge is 0.469 e. The third-order valence-electron chi connectivity index (χ3n) is 1.58. The number of hydrogen-bond acceptors (Lipinski definition) is 2. The van der Waals surface area contributed by atoms with E-state index >= 15 is 0 Å². The molecule has 2 heteroatoms. The first-order valence-corrected chi connectivity index (χ1v) is 3.99. The Balaban J connectivity index is 2.29. The molecule has 2 nitrogen and oxygen atoms in total. The van der Waals surface area contributed by atoms with Crippen molar-refractivity contribution in [3.63, 3.8) is 0 Å². The molecule has 0 N–H and O–H groups in total. The molecule has 0 aliphatic rings. The van der Waals surface area contributed by atoms with E-state index in [2.05, 4.69) is 12.0 Å². The highest BCUT2D eigenvalue weighted by Crippen LogP contribution is 2.00. The van der Waals surface area contributed by atoms with Crippen molar-refractivity contribution in [2.45, 2.75) is 13.3 Å². The zero-order valence-electron chi connectivity index (χ0n) is 7.50. The van der Waals surface area contributed by atoms with E-state index in [-0.39, 0.29) is 0 Å². The van der Waals surface area contributed by atoms with E-state index in [1.165, 1.54) is 0 Å². The smallest absolute Gasteiger partial charge is 0.105 e. The maximum atomic E-state index is 5.19. The molecule has 0 saturated carbocycles. The monoisotopic (exact) mass is 163 g/mol. The van der Waals surface area contributed by atoms with Crippen molar-refractivity contribution in [1.29, 1.82) is 0 Å². The van der Waals surface area contributed by atoms with Gasteiger partial charge in [-0.05, 0) is 19.1 Å². The van der Waals surface area contributed by atoms with E-state index in [4.69, 9.17) is 4.42 Å². The minimum Gasteiger partial charge on any atom is -0.469 e. The Morgan fingerprint density at radius 1 is 1.58 bits per heavy atom. The van der Waals surface area contributed by atoms with Crippen LogP contribution in [0.4, 0.5) is 0 Å². The summed E-state index contributed by atoms with van der Waals surface area (Å²) in [5.74, 6) is 3.86. The predicted octanol–water partition coefficient (Wildman–Crippen LogP) is 1.73. The summed E-state index contributed by atoms with van der Waals surface area (Å²) in [5, 5.41) is 0. The lowest BCUT2D eigenvalue weighted by Crippen LogP contribution is -2.14. The van der Waals surface area contributed by atoms with Crippen LogP contribution >= 0.6 is 0 Å². The molecule has 64 valence electrons. The van der Waals surface area contributed by atoms with Gasteiger partial charge < -0.3 is 9.32 Å². The molecule has 0 unspecified atom stereocenters. The van der Waals surface area contributed by atoms with Crippen LogP contribution in [0.15, 0.2) is 22.8 Å². The SMILES string of the molecule is CC#CN(C)CCc1ccco1. The van der Waals surface area contributed by atoms with E-state index in [0.717, 1.165) is 18.7 Å². The van der Waals surface area contributed by atoms with Crippen LogP contribution in [0.5, 0.6) is 0 Å². The lowest BCUT2D eigenvalue weighted by molar-refractivity contribution is 0.439. The van der Waals surface area contributed by atoms with Gasteiger partial charge >= 0.3 is 0 Å². The zero-order chi connectivity index (χ0) is 8.81. The first-order valence-electron chi connectivity index (χ1n) is 3.99. The fourth-order valence-electron chi connectivity index (χ4n) is 0.979. The van der Waals surface area contributed by atoms with Crippen LogP contribution < -0.4 is 0 Å². The first-order chi connectivity index (χ1) is 5.83. The van der Waals surface area contributed by atoms with E-state index < -0.39 is 0 Å². The van der Waals surface area contributed by atoms with Crippen molar-refractivity contribution < 1.29 is 4.42 Å². The molecule has 0 bridgehead atoms. The molecule has 0 fully saturated rings. The van der Waals surface area contributed by atoms with Crippen molar-refractivity contribution in [2.24, 2.45) is 0 Å². The minimum absolute atomic E-state index is 0.911. The average molecular weight is 163 g/mol. The van der Waals surface area contributed by atoms with Crippen LogP contribution in [-0.4, -0.2) is 18.5 Å². The van der Waals surface area contributed by atoms with Crippen LogP contribution in [0.3, 0.4) is 0 Å². The summed E-state index contributed by atoms with van der Waals surface area (Å²) >= 11 is 0. The maximum absolute atomic E-state index is 5.19. The Morgan fingerprint density at radius 2 is 2.42 bits per heavy atom. The Morgan fingerprint density at radius 3 is 3.00 bits per heavy atom. The number of likely N-dealkylation sites (N-methyl/N-ethyl adjacent to an activating group) is 1. The molecular formula is C10H13NO. The zero-order valence-corrected chi connectivity index (χ0v) is 7.50. The highest BCUT2D eigenvalue weighted by Gasteiger charge is 1.96. The van der Waals surface area contributed by atoms with Gasteiger partial charge in [0.2, 0.25) is 0 Å². The Labute approximate surface area is 73.2 Å². The second-order valence-electron chi connectivity index (χ2n) is 2.61. The van der Waals surface area contributed by atoms with Gasteiger partial charge in [-0.15, -0.1) is 0 Å². The van der Waals surface area contributed by atoms with E-state index in [1.807, 2.05) is 31.0 Å². The number of furan rings is 1. The molecule has 0 aliphatic heterocycles. The Kier molecular flexibility index (Phi) is 3.28. The predicted molar refractivity (Wildman–Crippen MR) is 48.5 cm³/mol. The van der Waals surface area contributed by atoms with Gasteiger partial charge in [-0.1, -0.05) is 5.92 Å². The van der Waals surface area contributed by atoms with Crippen molar-refractivity contribution in [3.8, 4) is 12.0 Å². The standard InChI is InChI=1S/C10H13NO/c1-3-7-11(2)8-6-10-5-4-9-12-10/h4-5,9H,6,8H2,1-2H3. The molecule has 0 saturated heterocycles. The maximum Gasteiger partial charge on any atom is 0.105 e. The lowest BCUT2D eigenvalue weighted by Gasteiger charge is -2.08. The van der Waals surface area contributed by atoms with Crippen LogP contribution in [-0.2, 0) is 6.42 Å². The van der Waals surface area contributed by atoms with Crippen LogP contribution in [0.2, 0.25) is 0 Å². The molecule has 0 atom stereocenters. The van der Waals surface area contributed by atoms with E-state index in [0.29, 0.717) is 0 Å². The van der Waals surface area contributed by atoms with Crippen molar-refractivity contribution in [1.82, 2.24) is 4.90 Å². The quantitative estimate of drug-likeness (QED) is 0.498. The van der Waals surface area contributed by atoms with Gasteiger partial charge in [0.1, 0.15) is 5.76 Å². The second-order valence-corrected chi connectivity index (χ2v) is 2.61. The molecule has 0 spiro atoms. The molecule has 0 amide bonds. The van der Waals surface area contributed by atoms with Crippen molar-refractivity contribution in [2.75, 3.05) is 13.6 Å². The summed E-state index contributed by atoms with van der Waals surface area (Å²) in [5.41, 5.74) is 0. The normalized spacial score (nSPS) is 8.83. The fraction of sp³-hybridized carbons (Fsp3) is 0.400. The summed E-state index contributed by atoms with van der Waals surface area (Å²) in [6.07, 6.45) is 2.61. The molecule has 1 aromatic heterocycles. The first kappa shape index (κ1) is 8.73. The van der Waals surface area contributed by atoms with E-state index in [1.54, 1.807) is 6.26 Å². The van der Waals surface area contributed by atoms with Gasteiger partial charge in [0.05, 0.1) is 6.26 Å². The number of nitrogens with zero attached hydrogens (tertiary/aromatic N) is 1. The molecule has 0 radical (unpaired) electrons. The highest BCUT2D eigenvalue weighted by molar-refractivity contribution is 5.00. The summed E-state index contributed by atoms with van der Waals surface area (Å²) in [4.78, 5) is 1.96. The number of rotatable bonds is 3. The topological polar surface area (TPSA) is 16.4 Å². The lowest BCUT2D eigenvalue weighted by atomic mass is 10.3. The number of hydrogen-bond donors (Lipinski definition) is 0. The average Bonchev–Trinajstić information content (AvgIpc) is 2.53. The minimum atomic E-state index is 0.911. The third-order valence-corrected chi connectivity index (χ3v) is 1.58. The molecule has 1 heterocycles. The van der Waals surface area contributed by atoms with Gasteiger partial charge in [-0.2, -0.15) is 0 Å². The molecule has 0 aliphatic carbocycles. The molecular weight excluding hydrogens is 150 g/mol. The second kappa shape index (κ2) is 4.50. The Hall–Kier alpha value is -1.36. The van der Waals surface area contributed by atoms with Gasteiger partial charge in [-0.3, -0.25) is 0 Å². The van der Waals surface area contributed by atoms with Gasteiger partial charge in [0, 0.05) is 26.1 Å². The summed E-state index contributed by atoms with van der Waals surface area (Å²) < 4.78 is 5.19. The van der Waals surface area contributed by atoms with Crippen LogP contribution in [0, 0.1) is 12.0 Å². The summed E-state index contributed by atoms with van der Waals surface area (Å²) in [7, 11) is 1.97. The fourth-order valence-corrected chi connectivity index (χ4v) is 0.979. The van der Waals surface area contributed by atoms with Gasteiger partial charge in [0.25, 0.3) is 0 Å². The molecule has 1 aromatic rings. The molecule has 1 rings (SSSR count). The third kappa shape index (κ3) is 2.71. The Bertz CT molecular complexity index is 266. The highest BCUT2D eigenvalue weighted by atomic mass is 16.3. The van der Waals surface area contributed by atoms with Crippen molar-refractivity contribution >= 4 is 0 Å². The summed E-state index contributed by atoms with van der Waals surface area (Å²) in [6, 6.07) is 6.83.